The highest BCUT2D eigenvalue weighted by Gasteiger charge is 2.37. The van der Waals surface area contributed by atoms with Crippen LogP contribution < -0.4 is 19.7 Å². The second kappa shape index (κ2) is 9.51. The summed E-state index contributed by atoms with van der Waals surface area (Å²) in [4.78, 5) is 28.0. The van der Waals surface area contributed by atoms with Crippen LogP contribution in [0.5, 0.6) is 11.5 Å². The number of ether oxygens (including phenoxy) is 3. The van der Waals surface area contributed by atoms with Crippen LogP contribution >= 0.6 is 12.2 Å². The molecular weight excluding hydrogens is 472 g/mol. The molecule has 1 fully saturated rings. The molecule has 1 saturated heterocycles. The maximum Gasteiger partial charge on any atom is 0.269 e. The monoisotopic (exact) mass is 496 g/mol. The van der Waals surface area contributed by atoms with E-state index in [-0.39, 0.29) is 11.6 Å². The summed E-state index contributed by atoms with van der Waals surface area (Å²) >= 11 is 5.74. The third kappa shape index (κ3) is 4.40. The Morgan fingerprint density at radius 3 is 2.43 bits per heavy atom. The summed E-state index contributed by atoms with van der Waals surface area (Å²) in [5.41, 5.74) is 2.61. The van der Waals surface area contributed by atoms with Crippen LogP contribution in [0.4, 0.5) is 11.4 Å². The number of nitrogens with one attached hydrogen (secondary N) is 1. The standard InChI is InChI=1S/C24H24N4O6S/c1-15-21(23(29)26-8-10-32-11-9-26)22(16-2-4-17(5-3-16)28(30)31)25-24(35)27(15)18-6-7-19-20(14-18)34-13-12-33-19/h2-7,14,22H,8-13H2,1H3,(H,25,35). The molecule has 10 nitrogen and oxygen atoms in total. The van der Waals surface area contributed by atoms with Gasteiger partial charge in [0.05, 0.1) is 35.4 Å². The van der Waals surface area contributed by atoms with Gasteiger partial charge in [-0.25, -0.2) is 0 Å². The van der Waals surface area contributed by atoms with Crippen LogP contribution in [0.2, 0.25) is 0 Å². The van der Waals surface area contributed by atoms with Crippen molar-refractivity contribution in [2.24, 2.45) is 0 Å². The van der Waals surface area contributed by atoms with E-state index < -0.39 is 11.0 Å². The smallest absolute Gasteiger partial charge is 0.269 e. The van der Waals surface area contributed by atoms with E-state index in [1.807, 2.05) is 30.0 Å². The third-order valence-electron chi connectivity index (χ3n) is 6.23. The zero-order valence-electron chi connectivity index (χ0n) is 19.1. The Kier molecular flexibility index (Phi) is 6.27. The molecule has 2 aromatic rings. The number of fused-ring (bicyclic) bond motifs is 1. The fourth-order valence-corrected chi connectivity index (χ4v) is 4.84. The molecule has 1 atom stereocenters. The van der Waals surface area contributed by atoms with E-state index in [0.717, 1.165) is 5.69 Å². The van der Waals surface area contributed by atoms with Crippen molar-refractivity contribution >= 4 is 34.6 Å². The SMILES string of the molecule is CC1=C(C(=O)N2CCOCC2)C(c2ccc([N+](=O)[O-])cc2)NC(=S)N1c1ccc2c(c1)OCCO2. The number of allylic oxidation sites excluding steroid dienone is 1. The van der Waals surface area contributed by atoms with E-state index in [2.05, 4.69) is 5.32 Å². The lowest BCUT2D eigenvalue weighted by molar-refractivity contribution is -0.384. The zero-order valence-corrected chi connectivity index (χ0v) is 19.9. The second-order valence-corrected chi connectivity index (χ2v) is 8.68. The van der Waals surface area contributed by atoms with Crippen LogP contribution in [0.3, 0.4) is 0 Å². The first kappa shape index (κ1) is 23.1. The number of carbonyl (C=O) groups excluding carboxylic acids is 1. The Bertz CT molecular complexity index is 1210. The predicted molar refractivity (Wildman–Crippen MR) is 132 cm³/mol. The number of anilines is 1. The number of nitro benzene ring substituents is 1. The average molecular weight is 497 g/mol. The minimum absolute atomic E-state index is 0.0215. The maximum atomic E-state index is 13.8. The summed E-state index contributed by atoms with van der Waals surface area (Å²) in [6.45, 7) is 4.71. The fourth-order valence-electron chi connectivity index (χ4n) is 4.48. The van der Waals surface area contributed by atoms with Gasteiger partial charge in [-0.2, -0.15) is 0 Å². The Labute approximate surface area is 207 Å². The normalized spacial score (nSPS) is 19.9. The highest BCUT2D eigenvalue weighted by Crippen LogP contribution is 2.39. The molecule has 0 aliphatic carbocycles. The molecule has 1 N–H and O–H groups in total. The molecular formula is C24H24N4O6S. The summed E-state index contributed by atoms with van der Waals surface area (Å²) in [6, 6.07) is 11.1. The Morgan fingerprint density at radius 1 is 1.06 bits per heavy atom. The quantitative estimate of drug-likeness (QED) is 0.388. The van der Waals surface area contributed by atoms with Crippen LogP contribution in [-0.2, 0) is 9.53 Å². The second-order valence-electron chi connectivity index (χ2n) is 8.30. The summed E-state index contributed by atoms with van der Waals surface area (Å²) in [7, 11) is 0. The molecule has 1 amide bonds. The van der Waals surface area contributed by atoms with Crippen molar-refractivity contribution in [1.29, 1.82) is 0 Å². The molecule has 0 bridgehead atoms. The first-order valence-electron chi connectivity index (χ1n) is 11.3. The Morgan fingerprint density at radius 2 is 1.74 bits per heavy atom. The number of carbonyl (C=O) groups is 1. The van der Waals surface area contributed by atoms with Crippen LogP contribution in [0.15, 0.2) is 53.7 Å². The number of hydrogen-bond acceptors (Lipinski definition) is 7. The van der Waals surface area contributed by atoms with Gasteiger partial charge >= 0.3 is 0 Å². The number of hydrogen-bond donors (Lipinski definition) is 1. The lowest BCUT2D eigenvalue weighted by atomic mass is 9.93. The molecule has 5 rings (SSSR count). The number of non-ortho nitro benzene ring substituents is 1. The van der Waals surface area contributed by atoms with E-state index in [1.54, 1.807) is 17.0 Å². The number of nitro groups is 1. The molecule has 0 saturated carbocycles. The molecule has 3 aliphatic heterocycles. The topological polar surface area (TPSA) is 106 Å². The molecule has 3 heterocycles. The average Bonchev–Trinajstić information content (AvgIpc) is 2.88. The van der Waals surface area contributed by atoms with Gasteiger partial charge in [0.2, 0.25) is 0 Å². The van der Waals surface area contributed by atoms with Gasteiger partial charge in [-0.1, -0.05) is 0 Å². The molecule has 11 heteroatoms. The van der Waals surface area contributed by atoms with Gasteiger partial charge in [-0.15, -0.1) is 0 Å². The summed E-state index contributed by atoms with van der Waals surface area (Å²) < 4.78 is 16.8. The number of rotatable bonds is 4. The predicted octanol–water partition coefficient (Wildman–Crippen LogP) is 2.93. The maximum absolute atomic E-state index is 13.8. The molecule has 182 valence electrons. The van der Waals surface area contributed by atoms with Gasteiger partial charge in [-0.3, -0.25) is 19.8 Å². The molecule has 3 aliphatic rings. The van der Waals surface area contributed by atoms with E-state index in [9.17, 15) is 14.9 Å². The minimum Gasteiger partial charge on any atom is -0.486 e. The van der Waals surface area contributed by atoms with Crippen molar-refractivity contribution in [2.75, 3.05) is 44.4 Å². The van der Waals surface area contributed by atoms with Gasteiger partial charge in [0.25, 0.3) is 11.6 Å². The van der Waals surface area contributed by atoms with Crippen molar-refractivity contribution in [3.8, 4) is 11.5 Å². The highest BCUT2D eigenvalue weighted by atomic mass is 32.1. The first-order chi connectivity index (χ1) is 16.9. The van der Waals surface area contributed by atoms with Crippen molar-refractivity contribution in [3.63, 3.8) is 0 Å². The first-order valence-corrected chi connectivity index (χ1v) is 11.7. The van der Waals surface area contributed by atoms with Crippen molar-refractivity contribution in [3.05, 3.63) is 69.4 Å². The largest absolute Gasteiger partial charge is 0.486 e. The Hall–Kier alpha value is -3.70. The number of nitrogens with zero attached hydrogens (tertiary/aromatic N) is 3. The third-order valence-corrected chi connectivity index (χ3v) is 6.54. The van der Waals surface area contributed by atoms with Crippen LogP contribution in [-0.4, -0.2) is 60.4 Å². The van der Waals surface area contributed by atoms with E-state index in [0.29, 0.717) is 73.0 Å². The fraction of sp³-hybridized carbons (Fsp3) is 0.333. The zero-order chi connectivity index (χ0) is 24.5. The minimum atomic E-state index is -0.563. The molecule has 2 aromatic carbocycles. The van der Waals surface area contributed by atoms with Gasteiger partial charge in [-0.05, 0) is 49.0 Å². The van der Waals surface area contributed by atoms with Crippen molar-refractivity contribution < 1.29 is 23.9 Å². The molecule has 35 heavy (non-hydrogen) atoms. The van der Waals surface area contributed by atoms with Crippen LogP contribution in [0, 0.1) is 10.1 Å². The van der Waals surface area contributed by atoms with E-state index in [4.69, 9.17) is 26.4 Å². The van der Waals surface area contributed by atoms with Crippen molar-refractivity contribution in [2.45, 2.75) is 13.0 Å². The van der Waals surface area contributed by atoms with Crippen LogP contribution in [0.25, 0.3) is 0 Å². The highest BCUT2D eigenvalue weighted by molar-refractivity contribution is 7.80. The molecule has 1 unspecified atom stereocenters. The summed E-state index contributed by atoms with van der Waals surface area (Å²) in [5, 5.41) is 14.8. The van der Waals surface area contributed by atoms with E-state index in [1.165, 1.54) is 12.1 Å². The van der Waals surface area contributed by atoms with E-state index >= 15 is 0 Å². The molecule has 0 spiro atoms. The van der Waals surface area contributed by atoms with Crippen LogP contribution in [0.1, 0.15) is 18.5 Å². The number of benzene rings is 2. The van der Waals surface area contributed by atoms with Gasteiger partial charge in [0, 0.05) is 37.0 Å². The number of amides is 1. The lowest BCUT2D eigenvalue weighted by Crippen LogP contribution is -2.51. The van der Waals surface area contributed by atoms with Gasteiger partial charge in [0.15, 0.2) is 16.6 Å². The number of morpholine rings is 1. The number of thiocarbonyl (C=S) groups is 1. The summed E-state index contributed by atoms with van der Waals surface area (Å²) in [5.74, 6) is 1.14. The molecule has 0 aromatic heterocycles. The molecule has 0 radical (unpaired) electrons. The van der Waals surface area contributed by atoms with Gasteiger partial charge in [0.1, 0.15) is 13.2 Å². The lowest BCUT2D eigenvalue weighted by Gasteiger charge is -2.40. The Balaban J connectivity index is 1.58. The summed E-state index contributed by atoms with van der Waals surface area (Å²) in [6.07, 6.45) is 0. The van der Waals surface area contributed by atoms with Crippen molar-refractivity contribution in [1.82, 2.24) is 10.2 Å². The van der Waals surface area contributed by atoms with Gasteiger partial charge < -0.3 is 24.4 Å².